The zero-order valence-corrected chi connectivity index (χ0v) is 8.42. The monoisotopic (exact) mass is 136 g/mol. The van der Waals surface area contributed by atoms with E-state index in [2.05, 4.69) is 20.8 Å². The summed E-state index contributed by atoms with van der Waals surface area (Å²) in [6.07, 6.45) is 1.31. The van der Waals surface area contributed by atoms with Gasteiger partial charge in [-0.1, -0.05) is 27.2 Å². The summed E-state index contributed by atoms with van der Waals surface area (Å²) in [5, 5.41) is 0. The van der Waals surface area contributed by atoms with Crippen LogP contribution in [-0.4, -0.2) is 15.4 Å². The van der Waals surface area contributed by atoms with Gasteiger partial charge in [-0.25, -0.2) is 0 Å². The van der Waals surface area contributed by atoms with E-state index in [1.165, 1.54) is 6.42 Å². The van der Waals surface area contributed by atoms with Crippen molar-refractivity contribution in [2.45, 2.75) is 27.2 Å². The van der Waals surface area contributed by atoms with Gasteiger partial charge in [0.25, 0.3) is 0 Å². The van der Waals surface area contributed by atoms with E-state index in [1.807, 2.05) is 0 Å². The van der Waals surface area contributed by atoms with E-state index in [4.69, 9.17) is 10.0 Å². The van der Waals surface area contributed by atoms with E-state index < -0.39 is 0 Å². The fourth-order valence-corrected chi connectivity index (χ4v) is 0. The van der Waals surface area contributed by atoms with Gasteiger partial charge in [0.2, 0.25) is 0 Å². The van der Waals surface area contributed by atoms with Gasteiger partial charge in [-0.15, -0.1) is 0 Å². The number of halogens is 1. The molecule has 0 saturated heterocycles. The number of hydrogen-bond donors (Lipinski definition) is 0. The molecule has 0 aromatic heterocycles. The Kier molecular flexibility index (Phi) is 15.3. The first-order chi connectivity index (χ1) is 3.27. The summed E-state index contributed by atoms with van der Waals surface area (Å²) in [5.74, 6) is 0.884. The second-order valence-corrected chi connectivity index (χ2v) is 1.80. The highest BCUT2D eigenvalue weighted by Crippen LogP contribution is 1.93. The van der Waals surface area contributed by atoms with Crippen molar-refractivity contribution in [3.05, 3.63) is 0 Å². The molecule has 0 radical (unpaired) electrons. The van der Waals surface area contributed by atoms with Crippen molar-refractivity contribution in [3.8, 4) is 0 Å². The summed E-state index contributed by atoms with van der Waals surface area (Å²) >= 11 is 0.778. The van der Waals surface area contributed by atoms with E-state index in [0.29, 0.717) is 0 Å². The summed E-state index contributed by atoms with van der Waals surface area (Å²) in [4.78, 5) is 0. The van der Waals surface area contributed by atoms with Crippen molar-refractivity contribution in [1.82, 2.24) is 0 Å². The van der Waals surface area contributed by atoms with Crippen LogP contribution in [0.3, 0.4) is 0 Å². The van der Waals surface area contributed by atoms with Gasteiger partial charge in [0, 0.05) is 0 Å². The highest BCUT2D eigenvalue weighted by atomic mass is 35.6. The predicted molar refractivity (Wildman–Crippen MR) is 39.5 cm³/mol. The van der Waals surface area contributed by atoms with Crippen molar-refractivity contribution in [2.24, 2.45) is 5.92 Å². The van der Waals surface area contributed by atoms with Gasteiger partial charge in [0.15, 0.2) is 0 Å². The molecule has 0 saturated carbocycles. The topological polar surface area (TPSA) is 0 Å². The quantitative estimate of drug-likeness (QED) is 0.483. The van der Waals surface area contributed by atoms with Crippen molar-refractivity contribution < 1.29 is 0 Å². The predicted octanol–water partition coefficient (Wildman–Crippen LogP) is 1.83. The minimum absolute atomic E-state index is 0.778. The molecule has 44 valence electrons. The van der Waals surface area contributed by atoms with E-state index in [1.54, 1.807) is 0 Å². The van der Waals surface area contributed by atoms with Gasteiger partial charge in [-0.05, 0) is 5.92 Å². The zero-order chi connectivity index (χ0) is 6.28. The lowest BCUT2D eigenvalue weighted by molar-refractivity contribution is 0.626. The molecular formula is C5H14AlCl. The Morgan fingerprint density at radius 3 is 1.57 bits per heavy atom. The Morgan fingerprint density at radius 2 is 1.57 bits per heavy atom. The second-order valence-electron chi connectivity index (χ2n) is 1.80. The molecular weight excluding hydrogens is 122 g/mol. The fraction of sp³-hybridized carbons (Fsp3) is 1.00. The van der Waals surface area contributed by atoms with Crippen LogP contribution >= 0.6 is 10.0 Å². The SMILES string of the molecule is CCC(C)C.[AlH2][Cl]. The van der Waals surface area contributed by atoms with Crippen LogP contribution < -0.4 is 0 Å². The normalized spacial score (nSPS) is 7.57. The van der Waals surface area contributed by atoms with E-state index in [-0.39, 0.29) is 0 Å². The standard InChI is InChI=1S/C5H12.Al.ClH.2H/c1-4-5(2)3;;;;/h5H,4H2,1-3H3;;1H;;/q;+1;;;/p-1. The molecule has 0 aliphatic carbocycles. The maximum Gasteiger partial charge on any atom is 0.353 e. The summed E-state index contributed by atoms with van der Waals surface area (Å²) in [7, 11) is 4.78. The molecule has 0 spiro atoms. The lowest BCUT2D eigenvalue weighted by Gasteiger charge is -1.90. The lowest BCUT2D eigenvalue weighted by Crippen LogP contribution is -1.77. The molecule has 0 amide bonds. The zero-order valence-electron chi connectivity index (χ0n) is 5.66. The maximum absolute atomic E-state index is 4.78. The first-order valence-corrected chi connectivity index (χ1v) is 5.67. The average Bonchev–Trinajstić information content (AvgIpc) is 1.73. The van der Waals surface area contributed by atoms with Crippen molar-refractivity contribution in [2.75, 3.05) is 0 Å². The summed E-state index contributed by atoms with van der Waals surface area (Å²) in [6, 6.07) is 0. The molecule has 0 rings (SSSR count). The van der Waals surface area contributed by atoms with Crippen LogP contribution in [0, 0.1) is 5.92 Å². The fourth-order valence-electron chi connectivity index (χ4n) is 0. The summed E-state index contributed by atoms with van der Waals surface area (Å²) in [5.41, 5.74) is 0. The highest BCUT2D eigenvalue weighted by Gasteiger charge is 1.80. The van der Waals surface area contributed by atoms with E-state index in [0.717, 1.165) is 21.3 Å². The Bertz CT molecular complexity index is 22.0. The number of hydrogen-bond acceptors (Lipinski definition) is 0. The highest BCUT2D eigenvalue weighted by molar-refractivity contribution is 6.80. The Morgan fingerprint density at radius 1 is 1.43 bits per heavy atom. The van der Waals surface area contributed by atoms with E-state index in [9.17, 15) is 0 Å². The molecule has 0 unspecified atom stereocenters. The smallest absolute Gasteiger partial charge is 0.273 e. The van der Waals surface area contributed by atoms with Gasteiger partial charge in [-0.3, -0.25) is 10.0 Å². The van der Waals surface area contributed by atoms with Gasteiger partial charge < -0.3 is 0 Å². The van der Waals surface area contributed by atoms with Crippen molar-refractivity contribution in [3.63, 3.8) is 0 Å². The Hall–Kier alpha value is 0.822. The summed E-state index contributed by atoms with van der Waals surface area (Å²) in [6.45, 7) is 6.64. The average molecular weight is 137 g/mol. The van der Waals surface area contributed by atoms with Crippen LogP contribution in [-0.2, 0) is 0 Å². The molecule has 7 heavy (non-hydrogen) atoms. The van der Waals surface area contributed by atoms with Crippen LogP contribution in [0.15, 0.2) is 0 Å². The second kappa shape index (κ2) is 9.95. The van der Waals surface area contributed by atoms with Gasteiger partial charge in [0.05, 0.1) is 0 Å². The Balaban J connectivity index is 0. The third-order valence-corrected chi connectivity index (χ3v) is 0.816. The minimum atomic E-state index is 0.778. The van der Waals surface area contributed by atoms with Gasteiger partial charge in [-0.2, -0.15) is 0 Å². The molecule has 0 aromatic carbocycles. The largest absolute Gasteiger partial charge is 0.353 e. The van der Waals surface area contributed by atoms with Crippen molar-refractivity contribution in [1.29, 1.82) is 0 Å². The molecule has 0 heterocycles. The molecule has 0 atom stereocenters. The van der Waals surface area contributed by atoms with Crippen molar-refractivity contribution >= 4 is 25.4 Å². The molecule has 0 aliphatic heterocycles. The third-order valence-electron chi connectivity index (χ3n) is 0.816. The maximum atomic E-state index is 4.78. The molecule has 0 aliphatic rings. The Labute approximate surface area is 58.9 Å². The third kappa shape index (κ3) is 19.9. The molecule has 0 nitrogen and oxygen atoms in total. The molecule has 0 bridgehead atoms. The first kappa shape index (κ1) is 10.7. The first-order valence-electron chi connectivity index (χ1n) is 2.65. The van der Waals surface area contributed by atoms with E-state index >= 15 is 0 Å². The molecule has 0 aromatic rings. The van der Waals surface area contributed by atoms with Crippen LogP contribution in [0.25, 0.3) is 0 Å². The molecule has 0 N–H and O–H groups in total. The van der Waals surface area contributed by atoms with Crippen LogP contribution in [0.5, 0.6) is 0 Å². The number of rotatable bonds is 1. The van der Waals surface area contributed by atoms with Crippen LogP contribution in [0.2, 0.25) is 0 Å². The van der Waals surface area contributed by atoms with Crippen LogP contribution in [0.1, 0.15) is 27.2 Å². The van der Waals surface area contributed by atoms with Gasteiger partial charge >= 0.3 is 15.4 Å². The molecule has 2 heteroatoms. The van der Waals surface area contributed by atoms with Gasteiger partial charge in [0.1, 0.15) is 0 Å². The van der Waals surface area contributed by atoms with Crippen LogP contribution in [0.4, 0.5) is 0 Å². The molecule has 0 fully saturated rings. The minimum Gasteiger partial charge on any atom is -0.273 e. The summed E-state index contributed by atoms with van der Waals surface area (Å²) < 4.78 is 0. The lowest BCUT2D eigenvalue weighted by atomic mass is 10.2.